The predicted molar refractivity (Wildman–Crippen MR) is 56.0 cm³/mol. The van der Waals surface area contributed by atoms with Crippen molar-refractivity contribution in [1.29, 1.82) is 0 Å². The molecular formula is C11H20N2O. The van der Waals surface area contributed by atoms with Gasteiger partial charge < -0.3 is 10.2 Å². The van der Waals surface area contributed by atoms with Crippen molar-refractivity contribution in [1.82, 2.24) is 10.2 Å². The number of hydrogen-bond donors (Lipinski definition) is 1. The van der Waals surface area contributed by atoms with Crippen molar-refractivity contribution in [3.05, 3.63) is 0 Å². The topological polar surface area (TPSA) is 32.3 Å². The van der Waals surface area contributed by atoms with E-state index in [0.717, 1.165) is 19.4 Å². The molecular weight excluding hydrogens is 176 g/mol. The Bertz CT molecular complexity index is 225. The number of amides is 1. The van der Waals surface area contributed by atoms with E-state index in [-0.39, 0.29) is 6.04 Å². The van der Waals surface area contributed by atoms with Gasteiger partial charge in [-0.05, 0) is 39.2 Å². The summed E-state index contributed by atoms with van der Waals surface area (Å²) >= 11 is 0. The molecule has 0 aromatic heterocycles. The standard InChI is InChI=1S/C11H20N2O/c1-3-9-5-4-8(2)13(9)11(14)10-6-7-12-10/h8-10,12H,3-7H2,1-2H3. The zero-order valence-corrected chi connectivity index (χ0v) is 9.12. The molecule has 2 rings (SSSR count). The minimum Gasteiger partial charge on any atom is -0.336 e. The molecule has 2 fully saturated rings. The van der Waals surface area contributed by atoms with Crippen molar-refractivity contribution in [2.45, 2.75) is 57.7 Å². The van der Waals surface area contributed by atoms with Gasteiger partial charge in [-0.1, -0.05) is 6.92 Å². The molecule has 0 aromatic rings. The molecule has 0 bridgehead atoms. The van der Waals surface area contributed by atoms with Gasteiger partial charge in [-0.2, -0.15) is 0 Å². The summed E-state index contributed by atoms with van der Waals surface area (Å²) in [4.78, 5) is 14.2. The van der Waals surface area contributed by atoms with Crippen molar-refractivity contribution in [2.75, 3.05) is 6.54 Å². The van der Waals surface area contributed by atoms with Gasteiger partial charge in [-0.25, -0.2) is 0 Å². The normalized spacial score (nSPS) is 37.0. The summed E-state index contributed by atoms with van der Waals surface area (Å²) < 4.78 is 0. The van der Waals surface area contributed by atoms with Crippen LogP contribution in [0.15, 0.2) is 0 Å². The maximum absolute atomic E-state index is 12.1. The summed E-state index contributed by atoms with van der Waals surface area (Å²) in [6, 6.07) is 1.08. The lowest BCUT2D eigenvalue weighted by atomic mass is 10.0. The van der Waals surface area contributed by atoms with Gasteiger partial charge in [0.15, 0.2) is 0 Å². The molecule has 0 aliphatic carbocycles. The van der Waals surface area contributed by atoms with E-state index >= 15 is 0 Å². The Balaban J connectivity index is 2.02. The minimum atomic E-state index is 0.129. The third kappa shape index (κ3) is 1.54. The van der Waals surface area contributed by atoms with Gasteiger partial charge in [0.05, 0.1) is 6.04 Å². The van der Waals surface area contributed by atoms with E-state index in [1.165, 1.54) is 12.8 Å². The molecule has 0 saturated carbocycles. The van der Waals surface area contributed by atoms with Crippen molar-refractivity contribution in [3.8, 4) is 0 Å². The van der Waals surface area contributed by atoms with E-state index in [9.17, 15) is 4.79 Å². The highest BCUT2D eigenvalue weighted by atomic mass is 16.2. The highest BCUT2D eigenvalue weighted by Crippen LogP contribution is 2.27. The second-order valence-electron chi connectivity index (χ2n) is 4.53. The summed E-state index contributed by atoms with van der Waals surface area (Å²) in [7, 11) is 0. The second kappa shape index (κ2) is 3.89. The van der Waals surface area contributed by atoms with Crippen LogP contribution in [0.1, 0.15) is 39.5 Å². The molecule has 2 saturated heterocycles. The largest absolute Gasteiger partial charge is 0.336 e. The number of nitrogens with one attached hydrogen (secondary N) is 1. The van der Waals surface area contributed by atoms with Gasteiger partial charge in [0.1, 0.15) is 0 Å². The van der Waals surface area contributed by atoms with Crippen molar-refractivity contribution in [3.63, 3.8) is 0 Å². The Morgan fingerprint density at radius 2 is 2.14 bits per heavy atom. The van der Waals surface area contributed by atoms with Crippen LogP contribution in [0.2, 0.25) is 0 Å². The van der Waals surface area contributed by atoms with Crippen LogP contribution in [0.5, 0.6) is 0 Å². The molecule has 14 heavy (non-hydrogen) atoms. The number of nitrogens with zero attached hydrogens (tertiary/aromatic N) is 1. The molecule has 0 spiro atoms. The monoisotopic (exact) mass is 196 g/mol. The SMILES string of the molecule is CCC1CCC(C)N1C(=O)C1CCN1. The maximum atomic E-state index is 12.1. The molecule has 2 aliphatic heterocycles. The molecule has 1 N–H and O–H groups in total. The summed E-state index contributed by atoms with van der Waals surface area (Å²) in [6.45, 7) is 5.36. The van der Waals surface area contributed by atoms with Crippen LogP contribution in [-0.4, -0.2) is 35.5 Å². The van der Waals surface area contributed by atoms with Crippen molar-refractivity contribution >= 4 is 5.91 Å². The lowest BCUT2D eigenvalue weighted by Crippen LogP contribution is -2.56. The quantitative estimate of drug-likeness (QED) is 0.718. The van der Waals surface area contributed by atoms with Crippen LogP contribution in [0.4, 0.5) is 0 Å². The maximum Gasteiger partial charge on any atom is 0.240 e. The zero-order chi connectivity index (χ0) is 10.1. The van der Waals surface area contributed by atoms with Gasteiger partial charge in [-0.3, -0.25) is 4.79 Å². The summed E-state index contributed by atoms with van der Waals surface area (Å²) in [5.41, 5.74) is 0. The summed E-state index contributed by atoms with van der Waals surface area (Å²) in [5.74, 6) is 0.341. The van der Waals surface area contributed by atoms with E-state index in [1.807, 2.05) is 0 Å². The molecule has 2 heterocycles. The van der Waals surface area contributed by atoms with Gasteiger partial charge in [-0.15, -0.1) is 0 Å². The van der Waals surface area contributed by atoms with E-state index in [4.69, 9.17) is 0 Å². The zero-order valence-electron chi connectivity index (χ0n) is 9.12. The third-order valence-corrected chi connectivity index (χ3v) is 3.63. The van der Waals surface area contributed by atoms with Gasteiger partial charge in [0, 0.05) is 12.1 Å². The number of rotatable bonds is 2. The fourth-order valence-electron chi connectivity index (χ4n) is 2.55. The smallest absolute Gasteiger partial charge is 0.240 e. The van der Waals surface area contributed by atoms with E-state index in [2.05, 4.69) is 24.1 Å². The summed E-state index contributed by atoms with van der Waals surface area (Å²) in [5, 5.41) is 3.20. The highest BCUT2D eigenvalue weighted by Gasteiger charge is 2.38. The Morgan fingerprint density at radius 3 is 2.64 bits per heavy atom. The van der Waals surface area contributed by atoms with Gasteiger partial charge in [0.2, 0.25) is 5.91 Å². The molecule has 3 atom stereocenters. The van der Waals surface area contributed by atoms with Crippen LogP contribution in [-0.2, 0) is 4.79 Å². The van der Waals surface area contributed by atoms with Crippen molar-refractivity contribution < 1.29 is 4.79 Å². The molecule has 1 amide bonds. The first-order chi connectivity index (χ1) is 6.74. The van der Waals surface area contributed by atoms with E-state index in [1.54, 1.807) is 0 Å². The second-order valence-corrected chi connectivity index (χ2v) is 4.53. The van der Waals surface area contributed by atoms with Crippen molar-refractivity contribution in [2.24, 2.45) is 0 Å². The minimum absolute atomic E-state index is 0.129. The molecule has 80 valence electrons. The Morgan fingerprint density at radius 1 is 1.43 bits per heavy atom. The average Bonchev–Trinajstić information content (AvgIpc) is 2.43. The first-order valence-electron chi connectivity index (χ1n) is 5.79. The van der Waals surface area contributed by atoms with Gasteiger partial charge in [0.25, 0.3) is 0 Å². The number of likely N-dealkylation sites (tertiary alicyclic amines) is 1. The fraction of sp³-hybridized carbons (Fsp3) is 0.909. The van der Waals surface area contributed by atoms with Crippen LogP contribution < -0.4 is 5.32 Å². The molecule has 3 nitrogen and oxygen atoms in total. The Labute approximate surface area is 85.8 Å². The molecule has 3 unspecified atom stereocenters. The molecule has 2 aliphatic rings. The van der Waals surface area contributed by atoms with Crippen LogP contribution >= 0.6 is 0 Å². The average molecular weight is 196 g/mol. The van der Waals surface area contributed by atoms with Crippen LogP contribution in [0.3, 0.4) is 0 Å². The first-order valence-corrected chi connectivity index (χ1v) is 5.79. The lowest BCUT2D eigenvalue weighted by molar-refractivity contribution is -0.137. The Hall–Kier alpha value is -0.570. The van der Waals surface area contributed by atoms with E-state index in [0.29, 0.717) is 18.0 Å². The Kier molecular flexibility index (Phi) is 2.77. The first kappa shape index (κ1) is 9.97. The van der Waals surface area contributed by atoms with Crippen LogP contribution in [0.25, 0.3) is 0 Å². The van der Waals surface area contributed by atoms with Gasteiger partial charge >= 0.3 is 0 Å². The lowest BCUT2D eigenvalue weighted by Gasteiger charge is -2.35. The molecule has 3 heteroatoms. The van der Waals surface area contributed by atoms with Crippen LogP contribution in [0, 0.1) is 0 Å². The summed E-state index contributed by atoms with van der Waals surface area (Å²) in [6.07, 6.45) is 4.49. The number of hydrogen-bond acceptors (Lipinski definition) is 2. The highest BCUT2D eigenvalue weighted by molar-refractivity contribution is 5.83. The van der Waals surface area contributed by atoms with E-state index < -0.39 is 0 Å². The molecule has 0 aromatic carbocycles. The fourth-order valence-corrected chi connectivity index (χ4v) is 2.55. The predicted octanol–water partition coefficient (Wildman–Crippen LogP) is 1.14. The number of carbonyl (C=O) groups is 1. The third-order valence-electron chi connectivity index (χ3n) is 3.63. The number of carbonyl (C=O) groups excluding carboxylic acids is 1. The molecule has 0 radical (unpaired) electrons.